The number of amides is 2. The van der Waals surface area contributed by atoms with Gasteiger partial charge in [0.1, 0.15) is 6.61 Å². The molecule has 0 saturated heterocycles. The van der Waals surface area contributed by atoms with Crippen LogP contribution in [0.5, 0.6) is 0 Å². The molecule has 3 N–H and O–H groups in total. The highest BCUT2D eigenvalue weighted by Gasteiger charge is 2.33. The van der Waals surface area contributed by atoms with E-state index in [2.05, 4.69) is 34.9 Å². The van der Waals surface area contributed by atoms with Crippen LogP contribution in [-0.2, 0) is 14.3 Å². The number of rotatable bonds is 10. The molecular formula is C28H34N2O5. The van der Waals surface area contributed by atoms with Crippen molar-refractivity contribution in [2.75, 3.05) is 19.7 Å². The fourth-order valence-electron chi connectivity index (χ4n) is 5.17. The van der Waals surface area contributed by atoms with Crippen molar-refractivity contribution in [2.45, 2.75) is 45.4 Å². The summed E-state index contributed by atoms with van der Waals surface area (Å²) >= 11 is 0. The van der Waals surface area contributed by atoms with Crippen molar-refractivity contribution in [1.29, 1.82) is 0 Å². The number of fused-ring (bicyclic) bond motifs is 3. The lowest BCUT2D eigenvalue weighted by Crippen LogP contribution is -2.43. The quantitative estimate of drug-likeness (QED) is 0.464. The summed E-state index contributed by atoms with van der Waals surface area (Å²) in [6.07, 6.45) is 1.89. The highest BCUT2D eigenvalue weighted by Crippen LogP contribution is 2.44. The molecule has 186 valence electrons. The molecule has 0 aromatic heterocycles. The molecule has 2 aliphatic rings. The van der Waals surface area contributed by atoms with Crippen LogP contribution < -0.4 is 10.6 Å². The second-order valence-corrected chi connectivity index (χ2v) is 10.4. The molecule has 0 atom stereocenters. The average Bonchev–Trinajstić information content (AvgIpc) is 3.12. The summed E-state index contributed by atoms with van der Waals surface area (Å²) in [6, 6.07) is 16.4. The van der Waals surface area contributed by atoms with Gasteiger partial charge in [-0.05, 0) is 53.4 Å². The predicted octanol–water partition coefficient (Wildman–Crippen LogP) is 4.56. The van der Waals surface area contributed by atoms with E-state index in [0.717, 1.165) is 12.8 Å². The van der Waals surface area contributed by atoms with Crippen molar-refractivity contribution in [3.63, 3.8) is 0 Å². The first kappa shape index (κ1) is 24.8. The van der Waals surface area contributed by atoms with E-state index in [1.54, 1.807) is 0 Å². The zero-order valence-electron chi connectivity index (χ0n) is 20.4. The molecule has 2 aliphatic carbocycles. The second-order valence-electron chi connectivity index (χ2n) is 10.4. The normalized spacial score (nSPS) is 18.7. The molecule has 4 rings (SSSR count). The van der Waals surface area contributed by atoms with Crippen LogP contribution in [0.3, 0.4) is 0 Å². The molecule has 35 heavy (non-hydrogen) atoms. The summed E-state index contributed by atoms with van der Waals surface area (Å²) in [5, 5.41) is 14.6. The van der Waals surface area contributed by atoms with Crippen LogP contribution in [0.15, 0.2) is 48.5 Å². The van der Waals surface area contributed by atoms with Gasteiger partial charge >= 0.3 is 12.1 Å². The fourth-order valence-corrected chi connectivity index (χ4v) is 5.17. The molecule has 0 radical (unpaired) electrons. The summed E-state index contributed by atoms with van der Waals surface area (Å²) in [6.45, 7) is 4.87. The SMILES string of the molecule is CC(C)(CCNC(=O)OCC1c2ccccc2-c2ccccc21)C(=O)NCC1CC(CC(=O)O)C1. The van der Waals surface area contributed by atoms with Gasteiger partial charge in [0.25, 0.3) is 0 Å². The van der Waals surface area contributed by atoms with Gasteiger partial charge in [0.15, 0.2) is 0 Å². The third-order valence-electron chi connectivity index (χ3n) is 7.33. The molecule has 2 aromatic rings. The minimum Gasteiger partial charge on any atom is -0.481 e. The fraction of sp³-hybridized carbons (Fsp3) is 0.464. The van der Waals surface area contributed by atoms with E-state index in [4.69, 9.17) is 9.84 Å². The summed E-state index contributed by atoms with van der Waals surface area (Å²) in [7, 11) is 0. The van der Waals surface area contributed by atoms with Gasteiger partial charge in [-0.15, -0.1) is 0 Å². The van der Waals surface area contributed by atoms with E-state index in [-0.39, 0.29) is 30.8 Å². The zero-order chi connectivity index (χ0) is 25.0. The number of benzene rings is 2. The number of carboxylic acids is 1. The smallest absolute Gasteiger partial charge is 0.407 e. The summed E-state index contributed by atoms with van der Waals surface area (Å²) in [4.78, 5) is 35.8. The molecular weight excluding hydrogens is 444 g/mol. The van der Waals surface area contributed by atoms with Gasteiger partial charge in [0.2, 0.25) is 5.91 Å². The van der Waals surface area contributed by atoms with E-state index in [1.165, 1.54) is 22.3 Å². The number of hydrogen-bond acceptors (Lipinski definition) is 4. The Bertz CT molecular complexity index is 1040. The average molecular weight is 479 g/mol. The van der Waals surface area contributed by atoms with Gasteiger partial charge in [-0.25, -0.2) is 4.79 Å². The Hall–Kier alpha value is -3.35. The monoisotopic (exact) mass is 478 g/mol. The van der Waals surface area contributed by atoms with Crippen LogP contribution in [0.1, 0.15) is 56.6 Å². The number of nitrogens with one attached hydrogen (secondary N) is 2. The summed E-state index contributed by atoms with van der Waals surface area (Å²) < 4.78 is 5.56. The largest absolute Gasteiger partial charge is 0.481 e. The van der Waals surface area contributed by atoms with Crippen molar-refractivity contribution in [2.24, 2.45) is 17.3 Å². The third kappa shape index (κ3) is 5.84. The molecule has 0 spiro atoms. The lowest BCUT2D eigenvalue weighted by molar-refractivity contribution is -0.139. The molecule has 7 heteroatoms. The maximum Gasteiger partial charge on any atom is 0.407 e. The molecule has 0 heterocycles. The van der Waals surface area contributed by atoms with Crippen LogP contribution in [0.4, 0.5) is 4.79 Å². The first-order chi connectivity index (χ1) is 16.7. The lowest BCUT2D eigenvalue weighted by Gasteiger charge is -2.35. The first-order valence-electron chi connectivity index (χ1n) is 12.3. The minimum absolute atomic E-state index is 0.0111. The molecule has 2 aromatic carbocycles. The van der Waals surface area contributed by atoms with Crippen LogP contribution in [0.2, 0.25) is 0 Å². The van der Waals surface area contributed by atoms with Crippen molar-refractivity contribution < 1.29 is 24.2 Å². The molecule has 0 aliphatic heterocycles. The van der Waals surface area contributed by atoms with Gasteiger partial charge in [0.05, 0.1) is 0 Å². The number of alkyl carbamates (subject to hydrolysis) is 1. The van der Waals surface area contributed by atoms with Crippen LogP contribution in [0.25, 0.3) is 11.1 Å². The van der Waals surface area contributed by atoms with Gasteiger partial charge in [-0.3, -0.25) is 9.59 Å². The Labute approximate surface area is 206 Å². The van der Waals surface area contributed by atoms with Gasteiger partial charge in [-0.1, -0.05) is 62.4 Å². The molecule has 1 fully saturated rings. The number of aliphatic carboxylic acids is 1. The zero-order valence-corrected chi connectivity index (χ0v) is 20.4. The molecule has 0 unspecified atom stereocenters. The Balaban J connectivity index is 1.18. The second kappa shape index (κ2) is 10.5. The molecule has 2 amide bonds. The highest BCUT2D eigenvalue weighted by molar-refractivity contribution is 5.82. The highest BCUT2D eigenvalue weighted by atomic mass is 16.5. The Kier molecular flexibility index (Phi) is 7.43. The van der Waals surface area contributed by atoms with E-state index >= 15 is 0 Å². The van der Waals surface area contributed by atoms with Crippen molar-refractivity contribution in [1.82, 2.24) is 10.6 Å². The summed E-state index contributed by atoms with van der Waals surface area (Å²) in [5.74, 6) is -0.241. The number of carbonyl (C=O) groups excluding carboxylic acids is 2. The minimum atomic E-state index is -0.762. The van der Waals surface area contributed by atoms with Gasteiger partial charge in [-0.2, -0.15) is 0 Å². The lowest BCUT2D eigenvalue weighted by atomic mass is 9.73. The van der Waals surface area contributed by atoms with E-state index in [9.17, 15) is 14.4 Å². The van der Waals surface area contributed by atoms with Crippen LogP contribution >= 0.6 is 0 Å². The number of carboxylic acid groups (broad SMARTS) is 1. The van der Waals surface area contributed by atoms with E-state index in [0.29, 0.717) is 25.4 Å². The maximum atomic E-state index is 12.6. The van der Waals surface area contributed by atoms with Gasteiger partial charge < -0.3 is 20.5 Å². The Morgan fingerprint density at radius 3 is 2.14 bits per heavy atom. The standard InChI is InChI=1S/C28H34N2O5/c1-28(2,26(33)30-16-19-13-18(14-19)15-25(31)32)11-12-29-27(34)35-17-24-22-9-5-3-7-20(22)21-8-4-6-10-23(21)24/h3-10,18-19,24H,11-17H2,1-2H3,(H,29,34)(H,30,33)(H,31,32). The Morgan fingerprint density at radius 1 is 0.943 bits per heavy atom. The van der Waals surface area contributed by atoms with Crippen molar-refractivity contribution in [3.05, 3.63) is 59.7 Å². The number of ether oxygens (including phenoxy) is 1. The predicted molar refractivity (Wildman–Crippen MR) is 133 cm³/mol. The molecule has 7 nitrogen and oxygen atoms in total. The number of carbonyl (C=O) groups is 3. The van der Waals surface area contributed by atoms with Crippen molar-refractivity contribution >= 4 is 18.0 Å². The molecule has 0 bridgehead atoms. The third-order valence-corrected chi connectivity index (χ3v) is 7.33. The first-order valence-corrected chi connectivity index (χ1v) is 12.3. The molecule has 1 saturated carbocycles. The topological polar surface area (TPSA) is 105 Å². The van der Waals surface area contributed by atoms with E-state index < -0.39 is 17.5 Å². The van der Waals surface area contributed by atoms with Gasteiger partial charge in [0, 0.05) is 30.8 Å². The summed E-state index contributed by atoms with van der Waals surface area (Å²) in [5.41, 5.74) is 4.06. The van der Waals surface area contributed by atoms with Crippen LogP contribution in [0, 0.1) is 17.3 Å². The van der Waals surface area contributed by atoms with Crippen molar-refractivity contribution in [3.8, 4) is 11.1 Å². The Morgan fingerprint density at radius 2 is 1.54 bits per heavy atom. The maximum absolute atomic E-state index is 12.6. The number of hydrogen-bond donors (Lipinski definition) is 3. The van der Waals surface area contributed by atoms with E-state index in [1.807, 2.05) is 38.1 Å². The van der Waals surface area contributed by atoms with Crippen LogP contribution in [-0.4, -0.2) is 42.8 Å².